The highest BCUT2D eigenvalue weighted by molar-refractivity contribution is 6.11. The SMILES string of the molecule is COc1ccc(C(=O)c2ccc(C)cc2F)c(OC)c1. The molecular formula is C16H15FO3. The Bertz CT molecular complexity index is 650. The number of carbonyl (C=O) groups is 1. The van der Waals surface area contributed by atoms with E-state index in [2.05, 4.69) is 0 Å². The Morgan fingerprint density at radius 2 is 1.70 bits per heavy atom. The number of methoxy groups -OCH3 is 2. The molecule has 0 aliphatic heterocycles. The highest BCUT2D eigenvalue weighted by atomic mass is 19.1. The van der Waals surface area contributed by atoms with Crippen molar-refractivity contribution in [3.05, 3.63) is 58.9 Å². The maximum Gasteiger partial charge on any atom is 0.199 e. The second-order valence-electron chi connectivity index (χ2n) is 4.38. The van der Waals surface area contributed by atoms with Gasteiger partial charge in [-0.3, -0.25) is 4.79 Å². The average molecular weight is 274 g/mol. The molecule has 4 heteroatoms. The zero-order valence-electron chi connectivity index (χ0n) is 11.6. The molecule has 0 aromatic heterocycles. The normalized spacial score (nSPS) is 10.2. The molecule has 104 valence electrons. The van der Waals surface area contributed by atoms with E-state index in [9.17, 15) is 9.18 Å². The van der Waals surface area contributed by atoms with E-state index in [4.69, 9.17) is 9.47 Å². The molecule has 0 atom stereocenters. The third-order valence-electron chi connectivity index (χ3n) is 3.02. The van der Waals surface area contributed by atoms with Crippen LogP contribution in [0.2, 0.25) is 0 Å². The number of rotatable bonds is 4. The van der Waals surface area contributed by atoms with Crippen molar-refractivity contribution in [1.82, 2.24) is 0 Å². The summed E-state index contributed by atoms with van der Waals surface area (Å²) in [4.78, 5) is 12.4. The molecule has 0 aliphatic carbocycles. The minimum absolute atomic E-state index is 0.0269. The quantitative estimate of drug-likeness (QED) is 0.802. The molecule has 3 nitrogen and oxygen atoms in total. The summed E-state index contributed by atoms with van der Waals surface area (Å²) in [5.41, 5.74) is 1.09. The van der Waals surface area contributed by atoms with Crippen LogP contribution in [-0.4, -0.2) is 20.0 Å². The van der Waals surface area contributed by atoms with E-state index >= 15 is 0 Å². The van der Waals surface area contributed by atoms with Gasteiger partial charge in [0.15, 0.2) is 5.78 Å². The van der Waals surface area contributed by atoms with Gasteiger partial charge in [-0.2, -0.15) is 0 Å². The lowest BCUT2D eigenvalue weighted by atomic mass is 10.0. The summed E-state index contributed by atoms with van der Waals surface area (Å²) in [5.74, 6) is -0.0213. The molecule has 0 spiro atoms. The van der Waals surface area contributed by atoms with Crippen molar-refractivity contribution < 1.29 is 18.7 Å². The highest BCUT2D eigenvalue weighted by Gasteiger charge is 2.18. The predicted octanol–water partition coefficient (Wildman–Crippen LogP) is 3.38. The predicted molar refractivity (Wildman–Crippen MR) is 74.1 cm³/mol. The van der Waals surface area contributed by atoms with Crippen LogP contribution in [0.3, 0.4) is 0 Å². The molecule has 0 fully saturated rings. The van der Waals surface area contributed by atoms with Gasteiger partial charge in [0, 0.05) is 6.07 Å². The van der Waals surface area contributed by atoms with Crippen molar-refractivity contribution >= 4 is 5.78 Å². The van der Waals surface area contributed by atoms with E-state index in [-0.39, 0.29) is 5.56 Å². The van der Waals surface area contributed by atoms with E-state index in [0.29, 0.717) is 17.1 Å². The Morgan fingerprint density at radius 1 is 1.00 bits per heavy atom. The van der Waals surface area contributed by atoms with Crippen molar-refractivity contribution in [2.45, 2.75) is 6.92 Å². The van der Waals surface area contributed by atoms with E-state index < -0.39 is 11.6 Å². The summed E-state index contributed by atoms with van der Waals surface area (Å²) >= 11 is 0. The van der Waals surface area contributed by atoms with Gasteiger partial charge in [0.2, 0.25) is 0 Å². The Balaban J connectivity index is 2.47. The van der Waals surface area contributed by atoms with Gasteiger partial charge in [0.1, 0.15) is 17.3 Å². The Kier molecular flexibility index (Phi) is 4.03. The first-order chi connectivity index (χ1) is 9.56. The first kappa shape index (κ1) is 14.1. The monoisotopic (exact) mass is 274 g/mol. The minimum atomic E-state index is -0.534. The molecule has 0 heterocycles. The van der Waals surface area contributed by atoms with Crippen LogP contribution in [0, 0.1) is 12.7 Å². The van der Waals surface area contributed by atoms with E-state index in [1.165, 1.54) is 26.4 Å². The fraction of sp³-hybridized carbons (Fsp3) is 0.188. The van der Waals surface area contributed by atoms with Crippen LogP contribution < -0.4 is 9.47 Å². The molecule has 2 aromatic carbocycles. The molecule has 0 N–H and O–H groups in total. The molecule has 2 aromatic rings. The lowest BCUT2D eigenvalue weighted by molar-refractivity contribution is 0.103. The molecule has 20 heavy (non-hydrogen) atoms. The molecule has 0 saturated heterocycles. The van der Waals surface area contributed by atoms with Gasteiger partial charge in [-0.25, -0.2) is 4.39 Å². The molecule has 0 unspecified atom stereocenters. The first-order valence-corrected chi connectivity index (χ1v) is 6.09. The second-order valence-corrected chi connectivity index (χ2v) is 4.38. The maximum atomic E-state index is 13.9. The Hall–Kier alpha value is -2.36. The zero-order chi connectivity index (χ0) is 14.7. The van der Waals surface area contributed by atoms with Crippen LogP contribution >= 0.6 is 0 Å². The number of hydrogen-bond acceptors (Lipinski definition) is 3. The number of benzene rings is 2. The van der Waals surface area contributed by atoms with Crippen molar-refractivity contribution in [2.75, 3.05) is 14.2 Å². The van der Waals surface area contributed by atoms with Crippen LogP contribution in [0.4, 0.5) is 4.39 Å². The lowest BCUT2D eigenvalue weighted by Gasteiger charge is -2.10. The smallest absolute Gasteiger partial charge is 0.199 e. The second kappa shape index (κ2) is 5.74. The molecule has 2 rings (SSSR count). The maximum absolute atomic E-state index is 13.9. The van der Waals surface area contributed by atoms with Crippen LogP contribution in [0.15, 0.2) is 36.4 Å². The van der Waals surface area contributed by atoms with Crippen LogP contribution in [0.25, 0.3) is 0 Å². The molecule has 0 amide bonds. The van der Waals surface area contributed by atoms with E-state index in [1.54, 1.807) is 31.2 Å². The Labute approximate surface area is 117 Å². The van der Waals surface area contributed by atoms with E-state index in [0.717, 1.165) is 5.56 Å². The lowest BCUT2D eigenvalue weighted by Crippen LogP contribution is -2.06. The highest BCUT2D eigenvalue weighted by Crippen LogP contribution is 2.27. The summed E-state index contributed by atoms with van der Waals surface area (Å²) in [6, 6.07) is 9.33. The van der Waals surface area contributed by atoms with Gasteiger partial charge in [0.25, 0.3) is 0 Å². The average Bonchev–Trinajstić information content (AvgIpc) is 2.46. The van der Waals surface area contributed by atoms with Gasteiger partial charge in [-0.15, -0.1) is 0 Å². The van der Waals surface area contributed by atoms with Crippen LogP contribution in [0.1, 0.15) is 21.5 Å². The summed E-state index contributed by atoms with van der Waals surface area (Å²) < 4.78 is 24.1. The first-order valence-electron chi connectivity index (χ1n) is 6.09. The van der Waals surface area contributed by atoms with Crippen molar-refractivity contribution in [1.29, 1.82) is 0 Å². The van der Waals surface area contributed by atoms with Crippen molar-refractivity contribution in [3.63, 3.8) is 0 Å². The van der Waals surface area contributed by atoms with Crippen LogP contribution in [-0.2, 0) is 0 Å². The molecular weight excluding hydrogens is 259 g/mol. The van der Waals surface area contributed by atoms with Crippen molar-refractivity contribution in [3.8, 4) is 11.5 Å². The third-order valence-corrected chi connectivity index (χ3v) is 3.02. The van der Waals surface area contributed by atoms with Crippen molar-refractivity contribution in [2.24, 2.45) is 0 Å². The molecule has 0 bridgehead atoms. The number of hydrogen-bond donors (Lipinski definition) is 0. The van der Waals surface area contributed by atoms with Gasteiger partial charge in [-0.05, 0) is 36.8 Å². The summed E-state index contributed by atoms with van der Waals surface area (Å²) in [7, 11) is 2.98. The fourth-order valence-electron chi connectivity index (χ4n) is 1.94. The zero-order valence-corrected chi connectivity index (χ0v) is 11.6. The minimum Gasteiger partial charge on any atom is -0.497 e. The molecule has 0 saturated carbocycles. The van der Waals surface area contributed by atoms with Gasteiger partial charge >= 0.3 is 0 Å². The van der Waals surface area contributed by atoms with Gasteiger partial charge in [-0.1, -0.05) is 6.07 Å². The third kappa shape index (κ3) is 2.64. The number of ketones is 1. The van der Waals surface area contributed by atoms with Gasteiger partial charge < -0.3 is 9.47 Å². The van der Waals surface area contributed by atoms with Crippen LogP contribution in [0.5, 0.6) is 11.5 Å². The summed E-state index contributed by atoms with van der Waals surface area (Å²) in [5, 5.41) is 0. The topological polar surface area (TPSA) is 35.5 Å². The van der Waals surface area contributed by atoms with Gasteiger partial charge in [0.05, 0.1) is 25.3 Å². The molecule has 0 aliphatic rings. The largest absolute Gasteiger partial charge is 0.497 e. The summed E-state index contributed by atoms with van der Waals surface area (Å²) in [6.45, 7) is 1.77. The van der Waals surface area contributed by atoms with E-state index in [1.807, 2.05) is 0 Å². The summed E-state index contributed by atoms with van der Waals surface area (Å²) in [6.07, 6.45) is 0. The Morgan fingerprint density at radius 3 is 2.30 bits per heavy atom. The standard InChI is InChI=1S/C16H15FO3/c1-10-4-6-12(14(17)8-10)16(18)13-7-5-11(19-2)9-15(13)20-3/h4-9H,1-3H3. The number of halogens is 1. The number of aryl methyl sites for hydroxylation is 1. The number of carbonyl (C=O) groups excluding carboxylic acids is 1. The number of ether oxygens (including phenoxy) is 2. The molecule has 0 radical (unpaired) electrons. The fourth-order valence-corrected chi connectivity index (χ4v) is 1.94.